The summed E-state index contributed by atoms with van der Waals surface area (Å²) in [5.74, 6) is -0.422. The van der Waals surface area contributed by atoms with Gasteiger partial charge in [0.05, 0.1) is 18.9 Å². The van der Waals surface area contributed by atoms with Gasteiger partial charge in [0.25, 0.3) is 0 Å². The number of benzene rings is 1. The van der Waals surface area contributed by atoms with Crippen LogP contribution in [-0.2, 0) is 14.3 Å². The van der Waals surface area contributed by atoms with Gasteiger partial charge in [-0.1, -0.05) is 0 Å². The number of amides is 1. The fraction of sp³-hybridized carbons (Fsp3) is 0.462. The number of nitrogen functional groups attached to an aromatic ring is 1. The lowest BCUT2D eigenvalue weighted by molar-refractivity contribution is -0.121. The van der Waals surface area contributed by atoms with Crippen LogP contribution in [0.15, 0.2) is 18.2 Å². The Labute approximate surface area is 110 Å². The van der Waals surface area contributed by atoms with E-state index in [1.165, 1.54) is 18.2 Å². The molecule has 0 aliphatic carbocycles. The third-order valence-corrected chi connectivity index (χ3v) is 2.89. The zero-order valence-electron chi connectivity index (χ0n) is 10.5. The van der Waals surface area contributed by atoms with Crippen LogP contribution in [0.2, 0.25) is 0 Å². The van der Waals surface area contributed by atoms with E-state index in [2.05, 4.69) is 5.32 Å². The molecular formula is C13H17FN2O3. The van der Waals surface area contributed by atoms with Crippen molar-refractivity contribution in [2.45, 2.75) is 6.42 Å². The number of carbonyl (C=O) groups is 1. The van der Waals surface area contributed by atoms with Crippen LogP contribution in [0.4, 0.5) is 15.8 Å². The Morgan fingerprint density at radius 3 is 3.11 bits per heavy atom. The number of carbonyl (C=O) groups excluding carboxylic acids is 1. The summed E-state index contributed by atoms with van der Waals surface area (Å²) in [5, 5.41) is 2.59. The molecule has 1 atom stereocenters. The van der Waals surface area contributed by atoms with Crippen LogP contribution >= 0.6 is 0 Å². The Morgan fingerprint density at radius 1 is 1.58 bits per heavy atom. The highest BCUT2D eigenvalue weighted by molar-refractivity contribution is 5.92. The van der Waals surface area contributed by atoms with Gasteiger partial charge in [-0.05, 0) is 24.6 Å². The van der Waals surface area contributed by atoms with E-state index >= 15 is 0 Å². The fourth-order valence-electron chi connectivity index (χ4n) is 1.85. The smallest absolute Gasteiger partial charge is 0.250 e. The van der Waals surface area contributed by atoms with Crippen molar-refractivity contribution in [3.8, 4) is 0 Å². The molecule has 3 N–H and O–H groups in total. The Balaban J connectivity index is 1.72. The van der Waals surface area contributed by atoms with E-state index in [-0.39, 0.29) is 18.2 Å². The zero-order chi connectivity index (χ0) is 13.7. The molecule has 0 saturated carbocycles. The van der Waals surface area contributed by atoms with E-state index in [0.717, 1.165) is 13.0 Å². The zero-order valence-corrected chi connectivity index (χ0v) is 10.5. The molecule has 0 radical (unpaired) electrons. The molecule has 5 nitrogen and oxygen atoms in total. The Kier molecular flexibility index (Phi) is 4.70. The quantitative estimate of drug-likeness (QED) is 0.792. The van der Waals surface area contributed by atoms with E-state index in [1.54, 1.807) is 0 Å². The average molecular weight is 268 g/mol. The third kappa shape index (κ3) is 4.18. The normalized spacial score (nSPS) is 18.5. The standard InChI is InChI=1S/C13H17FN2O3/c14-11-2-1-10(5-12(11)15)16-13(17)8-19-7-9-3-4-18-6-9/h1-2,5,9H,3-4,6-8,15H2,(H,16,17). The van der Waals surface area contributed by atoms with Gasteiger partial charge in [0, 0.05) is 18.2 Å². The summed E-state index contributed by atoms with van der Waals surface area (Å²) < 4.78 is 23.5. The van der Waals surface area contributed by atoms with Crippen molar-refractivity contribution < 1.29 is 18.7 Å². The van der Waals surface area contributed by atoms with Crippen molar-refractivity contribution in [1.29, 1.82) is 0 Å². The predicted octanol–water partition coefficient (Wildman–Crippen LogP) is 1.40. The minimum Gasteiger partial charge on any atom is -0.396 e. The molecule has 2 rings (SSSR count). The molecule has 1 aromatic carbocycles. The van der Waals surface area contributed by atoms with Gasteiger partial charge in [-0.3, -0.25) is 4.79 Å². The molecular weight excluding hydrogens is 251 g/mol. The van der Waals surface area contributed by atoms with Crippen LogP contribution in [0.5, 0.6) is 0 Å². The van der Waals surface area contributed by atoms with Crippen LogP contribution < -0.4 is 11.1 Å². The van der Waals surface area contributed by atoms with Crippen molar-refractivity contribution in [3.63, 3.8) is 0 Å². The van der Waals surface area contributed by atoms with Gasteiger partial charge in [0.15, 0.2) is 0 Å². The first-order valence-corrected chi connectivity index (χ1v) is 6.15. The van der Waals surface area contributed by atoms with Crippen molar-refractivity contribution in [3.05, 3.63) is 24.0 Å². The van der Waals surface area contributed by atoms with Crippen molar-refractivity contribution >= 4 is 17.3 Å². The van der Waals surface area contributed by atoms with E-state index in [9.17, 15) is 9.18 Å². The summed E-state index contributed by atoms with van der Waals surface area (Å²) in [6, 6.07) is 4.04. The van der Waals surface area contributed by atoms with Crippen LogP contribution in [0, 0.1) is 11.7 Å². The maximum atomic E-state index is 12.9. The molecule has 19 heavy (non-hydrogen) atoms. The number of hydrogen-bond donors (Lipinski definition) is 2. The molecule has 0 spiro atoms. The highest BCUT2D eigenvalue weighted by atomic mass is 19.1. The fourth-order valence-corrected chi connectivity index (χ4v) is 1.85. The Morgan fingerprint density at radius 2 is 2.42 bits per heavy atom. The maximum Gasteiger partial charge on any atom is 0.250 e. The summed E-state index contributed by atoms with van der Waals surface area (Å²) in [6.07, 6.45) is 0.968. The number of ether oxygens (including phenoxy) is 2. The monoisotopic (exact) mass is 268 g/mol. The molecule has 104 valence electrons. The maximum absolute atomic E-state index is 12.9. The van der Waals surface area contributed by atoms with Crippen LogP contribution in [-0.4, -0.2) is 32.3 Å². The number of nitrogens with one attached hydrogen (secondary N) is 1. The first kappa shape index (κ1) is 13.8. The average Bonchev–Trinajstić information content (AvgIpc) is 2.87. The lowest BCUT2D eigenvalue weighted by Crippen LogP contribution is -2.21. The number of nitrogens with two attached hydrogens (primary N) is 1. The predicted molar refractivity (Wildman–Crippen MR) is 69.2 cm³/mol. The lowest BCUT2D eigenvalue weighted by Gasteiger charge is -2.09. The van der Waals surface area contributed by atoms with Crippen LogP contribution in [0.1, 0.15) is 6.42 Å². The number of rotatable bonds is 5. The Bertz CT molecular complexity index is 448. The van der Waals surface area contributed by atoms with Crippen LogP contribution in [0.25, 0.3) is 0 Å². The number of hydrogen-bond acceptors (Lipinski definition) is 4. The second-order valence-corrected chi connectivity index (χ2v) is 4.53. The minimum atomic E-state index is -0.504. The van der Waals surface area contributed by atoms with Gasteiger partial charge >= 0.3 is 0 Å². The minimum absolute atomic E-state index is 0.00169. The second-order valence-electron chi connectivity index (χ2n) is 4.53. The van der Waals surface area contributed by atoms with Gasteiger partial charge in [-0.15, -0.1) is 0 Å². The Hall–Kier alpha value is -1.66. The van der Waals surface area contributed by atoms with Crippen molar-refractivity contribution in [1.82, 2.24) is 0 Å². The summed E-state index contributed by atoms with van der Waals surface area (Å²) in [4.78, 5) is 11.6. The van der Waals surface area contributed by atoms with Crippen LogP contribution in [0.3, 0.4) is 0 Å². The SMILES string of the molecule is Nc1cc(NC(=O)COCC2CCOC2)ccc1F. The van der Waals surface area contributed by atoms with E-state index in [1.807, 2.05) is 0 Å². The molecule has 1 fully saturated rings. The second kappa shape index (κ2) is 6.49. The van der Waals surface area contributed by atoms with E-state index in [4.69, 9.17) is 15.2 Å². The van der Waals surface area contributed by atoms with Gasteiger partial charge in [-0.2, -0.15) is 0 Å². The molecule has 1 unspecified atom stereocenters. The summed E-state index contributed by atoms with van der Waals surface area (Å²) in [5.41, 5.74) is 5.86. The molecule has 6 heteroatoms. The molecule has 1 heterocycles. The highest BCUT2D eigenvalue weighted by Crippen LogP contribution is 2.16. The molecule has 1 saturated heterocycles. The van der Waals surface area contributed by atoms with Gasteiger partial charge in [0.2, 0.25) is 5.91 Å². The molecule has 1 aliphatic rings. The van der Waals surface area contributed by atoms with Gasteiger partial charge < -0.3 is 20.5 Å². The topological polar surface area (TPSA) is 73.6 Å². The molecule has 1 amide bonds. The highest BCUT2D eigenvalue weighted by Gasteiger charge is 2.16. The third-order valence-electron chi connectivity index (χ3n) is 2.89. The lowest BCUT2D eigenvalue weighted by atomic mass is 10.1. The molecule has 1 aliphatic heterocycles. The largest absolute Gasteiger partial charge is 0.396 e. The van der Waals surface area contributed by atoms with E-state index < -0.39 is 5.82 Å². The first-order valence-electron chi connectivity index (χ1n) is 6.15. The van der Waals surface area contributed by atoms with Crippen molar-refractivity contribution in [2.75, 3.05) is 37.5 Å². The summed E-state index contributed by atoms with van der Waals surface area (Å²) >= 11 is 0. The van der Waals surface area contributed by atoms with E-state index in [0.29, 0.717) is 24.8 Å². The van der Waals surface area contributed by atoms with Crippen molar-refractivity contribution in [2.24, 2.45) is 5.92 Å². The van der Waals surface area contributed by atoms with Gasteiger partial charge in [0.1, 0.15) is 12.4 Å². The molecule has 1 aromatic rings. The first-order chi connectivity index (χ1) is 9.15. The van der Waals surface area contributed by atoms with Gasteiger partial charge in [-0.25, -0.2) is 4.39 Å². The summed E-state index contributed by atoms with van der Waals surface area (Å²) in [6.45, 7) is 1.93. The molecule has 0 aromatic heterocycles. The molecule has 0 bridgehead atoms. The number of halogens is 1. The number of anilines is 2. The summed E-state index contributed by atoms with van der Waals surface area (Å²) in [7, 11) is 0.